The van der Waals surface area contributed by atoms with Crippen LogP contribution in [-0.4, -0.2) is 109 Å². The molecule has 0 amide bonds. The third-order valence-corrected chi connectivity index (χ3v) is 10.9. The van der Waals surface area contributed by atoms with Gasteiger partial charge in [-0.3, -0.25) is 4.79 Å². The zero-order valence-electron chi connectivity index (χ0n) is 39.9. The van der Waals surface area contributed by atoms with Crippen molar-refractivity contribution >= 4 is 5.97 Å². The van der Waals surface area contributed by atoms with E-state index >= 15 is 0 Å². The topological polar surface area (TPSA) is 84.9 Å². The fourth-order valence-corrected chi connectivity index (χ4v) is 7.12. The molecule has 0 radical (unpaired) electrons. The van der Waals surface area contributed by atoms with Crippen LogP contribution in [0.3, 0.4) is 0 Å². The molecule has 0 N–H and O–H groups in total. The average Bonchev–Trinajstić information content (AvgIpc) is 3.24. The third-order valence-electron chi connectivity index (χ3n) is 10.9. The van der Waals surface area contributed by atoms with Crippen LogP contribution in [0, 0.1) is 0 Å². The van der Waals surface area contributed by atoms with Gasteiger partial charge >= 0.3 is 5.97 Å². The van der Waals surface area contributed by atoms with Crippen LogP contribution >= 0.6 is 0 Å². The van der Waals surface area contributed by atoms with Crippen LogP contribution in [0.1, 0.15) is 220 Å². The lowest BCUT2D eigenvalue weighted by Gasteiger charge is -2.22. The van der Waals surface area contributed by atoms with E-state index in [2.05, 4.69) is 32.6 Å². The van der Waals surface area contributed by atoms with Crippen molar-refractivity contribution in [3.05, 3.63) is 0 Å². The first-order valence-corrected chi connectivity index (χ1v) is 25.6. The van der Waals surface area contributed by atoms with E-state index in [1.807, 2.05) is 0 Å². The fraction of sp³-hybridized carbons (Fsp3) is 0.980. The van der Waals surface area contributed by atoms with Crippen molar-refractivity contribution in [3.8, 4) is 0 Å². The van der Waals surface area contributed by atoms with E-state index in [4.69, 9.17) is 33.2 Å². The molecule has 0 aliphatic heterocycles. The highest BCUT2D eigenvalue weighted by molar-refractivity contribution is 5.69. The van der Waals surface area contributed by atoms with Gasteiger partial charge in [-0.1, -0.05) is 156 Å². The van der Waals surface area contributed by atoms with Crippen LogP contribution in [-0.2, 0) is 38.0 Å². The monoisotopic (exact) mass is 844 g/mol. The van der Waals surface area contributed by atoms with Gasteiger partial charge in [0.1, 0.15) is 0 Å². The Hall–Kier alpha value is -0.810. The molecule has 0 spiro atoms. The molecule has 0 heterocycles. The van der Waals surface area contributed by atoms with Crippen molar-refractivity contribution in [2.24, 2.45) is 0 Å². The zero-order chi connectivity index (χ0) is 42.8. The van der Waals surface area contributed by atoms with Crippen molar-refractivity contribution in [3.63, 3.8) is 0 Å². The largest absolute Gasteiger partial charge is 0.466 e. The average molecular weight is 844 g/mol. The van der Waals surface area contributed by atoms with E-state index in [-0.39, 0.29) is 12.3 Å². The van der Waals surface area contributed by atoms with Gasteiger partial charge in [0.05, 0.1) is 52.9 Å². The smallest absolute Gasteiger partial charge is 0.305 e. The van der Waals surface area contributed by atoms with E-state index < -0.39 is 0 Å². The molecule has 0 aliphatic rings. The summed E-state index contributed by atoms with van der Waals surface area (Å²) in [6.07, 6.45) is 35.8. The molecule has 9 nitrogen and oxygen atoms in total. The molecule has 0 rings (SSSR count). The summed E-state index contributed by atoms with van der Waals surface area (Å²) in [5, 5.41) is 0. The van der Waals surface area contributed by atoms with Gasteiger partial charge in [0.25, 0.3) is 0 Å². The van der Waals surface area contributed by atoms with Crippen LogP contribution in [0.4, 0.5) is 0 Å². The van der Waals surface area contributed by atoms with Gasteiger partial charge in [-0.15, -0.1) is 0 Å². The third kappa shape index (κ3) is 48.1. The Bertz CT molecular complexity index is 774. The normalized spacial score (nSPS) is 11.8. The Morgan fingerprint density at radius 1 is 0.356 bits per heavy atom. The van der Waals surface area contributed by atoms with Crippen molar-refractivity contribution in [2.75, 3.05) is 92.3 Å². The van der Waals surface area contributed by atoms with Gasteiger partial charge < -0.3 is 38.1 Å². The summed E-state index contributed by atoms with van der Waals surface area (Å²) in [6.45, 7) is 19.3. The SMILES string of the molecule is CCCCCCCCCCCOC(=O)CCCCCN(CCCCCCCC(OCCCCCCC)OCCCCCCC)CCOCCOCCOCCOCCC. The Balaban J connectivity index is 4.42. The Kier molecular flexibility index (Phi) is 50.8. The molecule has 9 heteroatoms. The summed E-state index contributed by atoms with van der Waals surface area (Å²) in [7, 11) is 0. The second-order valence-corrected chi connectivity index (χ2v) is 16.7. The van der Waals surface area contributed by atoms with Gasteiger partial charge in [-0.05, 0) is 70.9 Å². The quantitative estimate of drug-likeness (QED) is 0.0337. The minimum Gasteiger partial charge on any atom is -0.466 e. The molecule has 0 aliphatic carbocycles. The summed E-state index contributed by atoms with van der Waals surface area (Å²) in [5.41, 5.74) is 0. The highest BCUT2D eigenvalue weighted by atomic mass is 16.7. The number of rotatable bonds is 52. The first kappa shape index (κ1) is 58.2. The van der Waals surface area contributed by atoms with Crippen molar-refractivity contribution < 1.29 is 38.0 Å². The van der Waals surface area contributed by atoms with E-state index in [1.165, 1.54) is 128 Å². The minimum absolute atomic E-state index is 0.0288. The van der Waals surface area contributed by atoms with E-state index in [0.29, 0.717) is 59.3 Å². The van der Waals surface area contributed by atoms with Crippen molar-refractivity contribution in [1.82, 2.24) is 4.90 Å². The minimum atomic E-state index is -0.0430. The summed E-state index contributed by atoms with van der Waals surface area (Å²) >= 11 is 0. The summed E-state index contributed by atoms with van der Waals surface area (Å²) < 4.78 is 40.6. The van der Waals surface area contributed by atoms with E-state index in [1.54, 1.807) is 0 Å². The highest BCUT2D eigenvalue weighted by Gasteiger charge is 2.11. The molecule has 0 unspecified atom stereocenters. The van der Waals surface area contributed by atoms with Gasteiger partial charge in [0, 0.05) is 32.8 Å². The number of ether oxygens (including phenoxy) is 7. The van der Waals surface area contributed by atoms with Crippen LogP contribution in [0.25, 0.3) is 0 Å². The molecule has 0 saturated heterocycles. The van der Waals surface area contributed by atoms with Crippen LogP contribution in [0.2, 0.25) is 0 Å². The molecule has 0 bridgehead atoms. The van der Waals surface area contributed by atoms with Crippen LogP contribution in [0.15, 0.2) is 0 Å². The maximum Gasteiger partial charge on any atom is 0.305 e. The highest BCUT2D eigenvalue weighted by Crippen LogP contribution is 2.15. The van der Waals surface area contributed by atoms with Crippen LogP contribution < -0.4 is 0 Å². The number of carbonyl (C=O) groups excluding carboxylic acids is 1. The Labute approximate surface area is 366 Å². The molecule has 0 atom stereocenters. The molecular weight excluding hydrogens is 743 g/mol. The second kappa shape index (κ2) is 51.5. The molecule has 59 heavy (non-hydrogen) atoms. The maximum absolute atomic E-state index is 12.3. The fourth-order valence-electron chi connectivity index (χ4n) is 7.12. The lowest BCUT2D eigenvalue weighted by Crippen LogP contribution is -2.30. The van der Waals surface area contributed by atoms with Crippen LogP contribution in [0.5, 0.6) is 0 Å². The summed E-state index contributed by atoms with van der Waals surface area (Å²) in [6, 6.07) is 0. The van der Waals surface area contributed by atoms with E-state index in [0.717, 1.165) is 97.2 Å². The predicted octanol–water partition coefficient (Wildman–Crippen LogP) is 13.0. The first-order chi connectivity index (χ1) is 29.2. The van der Waals surface area contributed by atoms with Crippen molar-refractivity contribution in [2.45, 2.75) is 227 Å². The van der Waals surface area contributed by atoms with Crippen molar-refractivity contribution in [1.29, 1.82) is 0 Å². The lowest BCUT2D eigenvalue weighted by molar-refractivity contribution is -0.148. The predicted molar refractivity (Wildman–Crippen MR) is 248 cm³/mol. The summed E-state index contributed by atoms with van der Waals surface area (Å²) in [4.78, 5) is 14.9. The number of hydrogen-bond donors (Lipinski definition) is 0. The molecular formula is C50H101NO8. The van der Waals surface area contributed by atoms with Gasteiger partial charge in [-0.25, -0.2) is 0 Å². The first-order valence-electron chi connectivity index (χ1n) is 25.6. The Morgan fingerprint density at radius 3 is 1.24 bits per heavy atom. The number of nitrogens with zero attached hydrogens (tertiary/aromatic N) is 1. The van der Waals surface area contributed by atoms with Gasteiger partial charge in [0.15, 0.2) is 6.29 Å². The molecule has 354 valence electrons. The Morgan fingerprint density at radius 2 is 0.746 bits per heavy atom. The lowest BCUT2D eigenvalue weighted by atomic mass is 10.1. The molecule has 0 aromatic carbocycles. The van der Waals surface area contributed by atoms with Gasteiger partial charge in [0.2, 0.25) is 0 Å². The molecule has 0 aromatic rings. The molecule has 0 fully saturated rings. The second-order valence-electron chi connectivity index (χ2n) is 16.7. The number of esters is 1. The molecule has 0 saturated carbocycles. The summed E-state index contributed by atoms with van der Waals surface area (Å²) in [5.74, 6) is -0.0288. The number of carbonyl (C=O) groups is 1. The zero-order valence-corrected chi connectivity index (χ0v) is 39.9. The number of unbranched alkanes of at least 4 members (excludes halogenated alkanes) is 22. The maximum atomic E-state index is 12.3. The number of hydrogen-bond acceptors (Lipinski definition) is 9. The van der Waals surface area contributed by atoms with E-state index in [9.17, 15) is 4.79 Å². The standard InChI is InChI=1S/C50H101NO8/c1-5-9-12-15-16-17-18-24-30-39-57-49(52)33-26-25-29-36-51(37-42-54-44-46-56-48-47-55-45-43-53-38-8-4)35-28-21-19-20-27-34-50(58-40-31-22-13-10-6-2)59-41-32-23-14-11-7-3/h50H,5-48H2,1-4H3. The van der Waals surface area contributed by atoms with Gasteiger partial charge in [-0.2, -0.15) is 0 Å². The molecule has 0 aromatic heterocycles.